The van der Waals surface area contributed by atoms with Crippen molar-refractivity contribution in [3.8, 4) is 0 Å². The fraction of sp³-hybridized carbons (Fsp3) is 0.304. The number of thiophene rings is 1. The first kappa shape index (κ1) is 20.1. The Morgan fingerprint density at radius 2 is 1.69 bits per heavy atom. The van der Waals surface area contributed by atoms with Crippen molar-refractivity contribution >= 4 is 27.0 Å². The van der Waals surface area contributed by atoms with E-state index in [-0.39, 0.29) is 6.04 Å². The van der Waals surface area contributed by atoms with Crippen LogP contribution in [0.4, 0.5) is 5.69 Å². The van der Waals surface area contributed by atoms with Crippen molar-refractivity contribution in [2.24, 2.45) is 0 Å². The smallest absolute Gasteiger partial charge is 0.264 e. The topological polar surface area (TPSA) is 40.6 Å². The molecular weight excluding hydrogens is 400 g/mol. The highest BCUT2D eigenvalue weighted by Gasteiger charge is 2.34. The van der Waals surface area contributed by atoms with Crippen LogP contribution in [0.5, 0.6) is 0 Å². The molecule has 4 nitrogen and oxygen atoms in total. The van der Waals surface area contributed by atoms with Crippen LogP contribution in [0.25, 0.3) is 0 Å². The number of aryl methyl sites for hydroxylation is 1. The van der Waals surface area contributed by atoms with Gasteiger partial charge in [0.05, 0.1) is 10.6 Å². The number of piperidine rings is 1. The quantitative estimate of drug-likeness (QED) is 0.562. The summed E-state index contributed by atoms with van der Waals surface area (Å²) in [4.78, 5) is 2.77. The maximum absolute atomic E-state index is 13.6. The molecule has 3 aromatic rings. The molecule has 0 unspecified atom stereocenters. The zero-order valence-corrected chi connectivity index (χ0v) is 18.2. The summed E-state index contributed by atoms with van der Waals surface area (Å²) in [5.74, 6) is 0. The fourth-order valence-electron chi connectivity index (χ4n) is 3.90. The second-order valence-corrected chi connectivity index (χ2v) is 10.2. The van der Waals surface area contributed by atoms with Crippen molar-refractivity contribution < 1.29 is 8.42 Å². The van der Waals surface area contributed by atoms with Crippen LogP contribution in [0.1, 0.15) is 24.0 Å². The van der Waals surface area contributed by atoms with Crippen LogP contribution < -0.4 is 4.31 Å². The summed E-state index contributed by atoms with van der Waals surface area (Å²) < 4.78 is 28.8. The van der Waals surface area contributed by atoms with E-state index in [9.17, 15) is 8.42 Å². The van der Waals surface area contributed by atoms with Gasteiger partial charge in [0.25, 0.3) is 10.0 Å². The number of hydrogen-bond donors (Lipinski definition) is 0. The molecule has 4 rings (SSSR count). The van der Waals surface area contributed by atoms with Gasteiger partial charge >= 0.3 is 0 Å². The van der Waals surface area contributed by atoms with E-state index < -0.39 is 10.0 Å². The molecule has 0 spiro atoms. The first-order chi connectivity index (χ1) is 14.0. The summed E-state index contributed by atoms with van der Waals surface area (Å²) in [6, 6.07) is 18.7. The Hall–Kier alpha value is -2.15. The molecule has 1 aliphatic heterocycles. The molecule has 1 aromatic heterocycles. The first-order valence-electron chi connectivity index (χ1n) is 9.93. The lowest BCUT2D eigenvalue weighted by Gasteiger charge is -2.39. The molecule has 29 heavy (non-hydrogen) atoms. The maximum atomic E-state index is 13.6. The molecule has 1 saturated heterocycles. The Kier molecular flexibility index (Phi) is 6.04. The van der Waals surface area contributed by atoms with Gasteiger partial charge in [-0.15, -0.1) is 0 Å². The van der Waals surface area contributed by atoms with E-state index in [0.29, 0.717) is 4.90 Å². The van der Waals surface area contributed by atoms with E-state index in [4.69, 9.17) is 0 Å². The van der Waals surface area contributed by atoms with Crippen molar-refractivity contribution in [3.63, 3.8) is 0 Å². The van der Waals surface area contributed by atoms with Crippen LogP contribution >= 0.6 is 11.3 Å². The third-order valence-corrected chi connectivity index (χ3v) is 8.09. The third kappa shape index (κ3) is 4.55. The summed E-state index contributed by atoms with van der Waals surface area (Å²) in [5, 5.41) is 4.29. The van der Waals surface area contributed by atoms with Gasteiger partial charge in [0.2, 0.25) is 0 Å². The van der Waals surface area contributed by atoms with Crippen molar-refractivity contribution in [3.05, 3.63) is 82.6 Å². The molecule has 1 aliphatic rings. The van der Waals surface area contributed by atoms with Gasteiger partial charge in [0, 0.05) is 25.7 Å². The van der Waals surface area contributed by atoms with Crippen molar-refractivity contribution in [2.75, 3.05) is 17.4 Å². The van der Waals surface area contributed by atoms with Crippen LogP contribution in [0.15, 0.2) is 76.3 Å². The van der Waals surface area contributed by atoms with E-state index in [1.165, 1.54) is 5.56 Å². The zero-order valence-electron chi connectivity index (χ0n) is 16.6. The van der Waals surface area contributed by atoms with Crippen LogP contribution in [-0.4, -0.2) is 32.4 Å². The van der Waals surface area contributed by atoms with Crippen LogP contribution in [-0.2, 0) is 16.6 Å². The minimum atomic E-state index is -3.62. The Morgan fingerprint density at radius 1 is 1.00 bits per heavy atom. The van der Waals surface area contributed by atoms with E-state index in [0.717, 1.165) is 43.7 Å². The highest BCUT2D eigenvalue weighted by Crippen LogP contribution is 2.31. The van der Waals surface area contributed by atoms with Gasteiger partial charge in [0.1, 0.15) is 0 Å². The standard InChI is InChI=1S/C23H26N2O2S2/c1-19-7-9-21(10-8-19)25(29(26,27)23-5-3-2-4-6-23)22-11-14-24(15-12-22)17-20-13-16-28-18-20/h2-10,13,16,18,22H,11-12,14-15,17H2,1H3. The van der Waals surface area contributed by atoms with E-state index in [1.807, 2.05) is 37.3 Å². The Bertz CT molecular complexity index is 1010. The van der Waals surface area contributed by atoms with Crippen LogP contribution in [0.2, 0.25) is 0 Å². The fourth-order valence-corrected chi connectivity index (χ4v) is 6.29. The largest absolute Gasteiger partial charge is 0.299 e. The molecule has 0 atom stereocenters. The molecule has 2 heterocycles. The molecule has 2 aromatic carbocycles. The predicted molar refractivity (Wildman–Crippen MR) is 120 cm³/mol. The second kappa shape index (κ2) is 8.69. The van der Waals surface area contributed by atoms with Crippen molar-refractivity contribution in [1.29, 1.82) is 0 Å². The summed E-state index contributed by atoms with van der Waals surface area (Å²) in [7, 11) is -3.62. The SMILES string of the molecule is Cc1ccc(N(C2CCN(Cc3ccsc3)CC2)S(=O)(=O)c2ccccc2)cc1. The molecule has 0 amide bonds. The van der Waals surface area contributed by atoms with Gasteiger partial charge in [-0.2, -0.15) is 11.3 Å². The number of hydrogen-bond acceptors (Lipinski definition) is 4. The zero-order chi connectivity index (χ0) is 20.3. The van der Waals surface area contributed by atoms with Crippen molar-refractivity contribution in [2.45, 2.75) is 37.2 Å². The van der Waals surface area contributed by atoms with Gasteiger partial charge in [-0.1, -0.05) is 35.9 Å². The molecule has 6 heteroatoms. The van der Waals surface area contributed by atoms with Gasteiger partial charge in [-0.3, -0.25) is 9.21 Å². The molecule has 1 fully saturated rings. The minimum Gasteiger partial charge on any atom is -0.299 e. The molecule has 152 valence electrons. The average Bonchev–Trinajstić information content (AvgIpc) is 3.25. The third-order valence-electron chi connectivity index (χ3n) is 5.46. The molecule has 0 saturated carbocycles. The Labute approximate surface area is 177 Å². The molecule has 0 bridgehead atoms. The van der Waals surface area contributed by atoms with E-state index in [1.54, 1.807) is 39.9 Å². The Balaban J connectivity index is 1.59. The highest BCUT2D eigenvalue weighted by atomic mass is 32.2. The number of likely N-dealkylation sites (tertiary alicyclic amines) is 1. The molecular formula is C23H26N2O2S2. The Morgan fingerprint density at radius 3 is 2.31 bits per heavy atom. The van der Waals surface area contributed by atoms with E-state index >= 15 is 0 Å². The first-order valence-corrected chi connectivity index (χ1v) is 12.3. The van der Waals surface area contributed by atoms with Crippen LogP contribution in [0, 0.1) is 6.92 Å². The van der Waals surface area contributed by atoms with Gasteiger partial charge < -0.3 is 0 Å². The molecule has 0 aliphatic carbocycles. The second-order valence-electron chi connectivity index (χ2n) is 7.59. The lowest BCUT2D eigenvalue weighted by atomic mass is 10.0. The highest BCUT2D eigenvalue weighted by molar-refractivity contribution is 7.92. The summed E-state index contributed by atoms with van der Waals surface area (Å²) in [6.45, 7) is 4.75. The average molecular weight is 427 g/mol. The maximum Gasteiger partial charge on any atom is 0.264 e. The van der Waals surface area contributed by atoms with Crippen LogP contribution in [0.3, 0.4) is 0 Å². The minimum absolute atomic E-state index is 0.0402. The lowest BCUT2D eigenvalue weighted by molar-refractivity contribution is 0.207. The summed E-state index contributed by atoms with van der Waals surface area (Å²) in [5.41, 5.74) is 3.20. The summed E-state index contributed by atoms with van der Waals surface area (Å²) >= 11 is 1.72. The van der Waals surface area contributed by atoms with Crippen molar-refractivity contribution in [1.82, 2.24) is 4.90 Å². The number of benzene rings is 2. The van der Waals surface area contributed by atoms with Gasteiger partial charge in [-0.25, -0.2) is 8.42 Å². The number of anilines is 1. The monoisotopic (exact) mass is 426 g/mol. The summed E-state index contributed by atoms with van der Waals surface area (Å²) in [6.07, 6.45) is 1.65. The lowest BCUT2D eigenvalue weighted by Crippen LogP contribution is -2.47. The van der Waals surface area contributed by atoms with Gasteiger partial charge in [-0.05, 0) is 66.4 Å². The number of rotatable bonds is 6. The number of sulfonamides is 1. The predicted octanol–water partition coefficient (Wildman–Crippen LogP) is 4.92. The number of nitrogens with zero attached hydrogens (tertiary/aromatic N) is 2. The van der Waals surface area contributed by atoms with E-state index in [2.05, 4.69) is 21.7 Å². The van der Waals surface area contributed by atoms with Gasteiger partial charge in [0.15, 0.2) is 0 Å². The normalized spacial score (nSPS) is 16.0. The molecule has 0 radical (unpaired) electrons. The molecule has 0 N–H and O–H groups in total.